The minimum Gasteiger partial charge on any atom is -0.325 e. The Labute approximate surface area is 179 Å². The van der Waals surface area contributed by atoms with E-state index >= 15 is 0 Å². The molecule has 0 bridgehead atoms. The van der Waals surface area contributed by atoms with Crippen molar-refractivity contribution in [3.8, 4) is 0 Å². The lowest BCUT2D eigenvalue weighted by molar-refractivity contribution is -0.116. The van der Waals surface area contributed by atoms with Crippen molar-refractivity contribution in [2.45, 2.75) is 50.1 Å². The van der Waals surface area contributed by atoms with Gasteiger partial charge in [-0.15, -0.1) is 10.2 Å². The molecule has 2 atom stereocenters. The van der Waals surface area contributed by atoms with Gasteiger partial charge >= 0.3 is 0 Å². The van der Waals surface area contributed by atoms with Crippen LogP contribution in [0.2, 0.25) is 0 Å². The molecule has 2 N–H and O–H groups in total. The summed E-state index contributed by atoms with van der Waals surface area (Å²) in [6, 6.07) is 11.8. The number of nitrogens with zero attached hydrogens (tertiary/aromatic N) is 3. The van der Waals surface area contributed by atoms with E-state index in [1.165, 1.54) is 23.9 Å². The third-order valence-electron chi connectivity index (χ3n) is 5.10. The summed E-state index contributed by atoms with van der Waals surface area (Å²) in [7, 11) is 0. The number of nitrogens with one attached hydrogen (secondary N) is 2. The summed E-state index contributed by atoms with van der Waals surface area (Å²) in [6.07, 6.45) is 1.71. The predicted octanol–water partition coefficient (Wildman–Crippen LogP) is 4.38. The lowest BCUT2D eigenvalue weighted by atomic mass is 10.0. The summed E-state index contributed by atoms with van der Waals surface area (Å²) < 4.78 is 15.3. The number of benzene rings is 2. The first-order chi connectivity index (χ1) is 14.5. The number of thioether (sulfide) groups is 1. The van der Waals surface area contributed by atoms with Gasteiger partial charge in [-0.3, -0.25) is 4.79 Å². The number of aryl methyl sites for hydroxylation is 3. The van der Waals surface area contributed by atoms with Gasteiger partial charge < -0.3 is 10.7 Å². The quantitative estimate of drug-likeness (QED) is 0.635. The zero-order chi connectivity index (χ0) is 21.3. The van der Waals surface area contributed by atoms with Crippen LogP contribution in [0.3, 0.4) is 0 Å². The Bertz CT molecular complexity index is 1070. The second-order valence-corrected chi connectivity index (χ2v) is 8.60. The van der Waals surface area contributed by atoms with E-state index < -0.39 is 5.25 Å². The lowest BCUT2D eigenvalue weighted by Gasteiger charge is -2.33. The van der Waals surface area contributed by atoms with E-state index in [2.05, 4.69) is 27.9 Å². The van der Waals surface area contributed by atoms with Gasteiger partial charge in [-0.2, -0.15) is 0 Å². The molecule has 1 aliphatic heterocycles. The van der Waals surface area contributed by atoms with Crippen molar-refractivity contribution in [2.24, 2.45) is 0 Å². The molecular weight excluding hydrogens is 401 g/mol. The van der Waals surface area contributed by atoms with Crippen molar-refractivity contribution in [3.05, 3.63) is 70.8 Å². The fraction of sp³-hybridized carbons (Fsp3) is 0.318. The van der Waals surface area contributed by atoms with E-state index in [1.54, 1.807) is 12.1 Å². The Balaban J connectivity index is 1.67. The number of fused-ring (bicyclic) bond motifs is 1. The van der Waals surface area contributed by atoms with E-state index in [1.807, 2.05) is 36.7 Å². The third-order valence-corrected chi connectivity index (χ3v) is 6.32. The van der Waals surface area contributed by atoms with Crippen LogP contribution < -0.4 is 10.7 Å². The molecule has 2 aromatic carbocycles. The Kier molecular flexibility index (Phi) is 5.76. The van der Waals surface area contributed by atoms with Gasteiger partial charge in [-0.25, -0.2) is 9.07 Å². The van der Waals surface area contributed by atoms with Crippen LogP contribution in [0, 0.1) is 19.7 Å². The van der Waals surface area contributed by atoms with Crippen LogP contribution in [0.4, 0.5) is 10.1 Å². The minimum absolute atomic E-state index is 0.139. The molecule has 0 saturated heterocycles. The number of anilines is 1. The molecule has 0 unspecified atom stereocenters. The SMILES string of the molecule is CCCc1nnc2n1N[C@H](c1ccc(F)cc1)[C@@H](C(=O)Nc1ccc(C)cc1C)S2. The van der Waals surface area contributed by atoms with E-state index in [0.717, 1.165) is 41.0 Å². The van der Waals surface area contributed by atoms with Gasteiger partial charge in [0, 0.05) is 12.1 Å². The number of amides is 1. The van der Waals surface area contributed by atoms with Crippen LogP contribution in [0.5, 0.6) is 0 Å². The molecule has 156 valence electrons. The van der Waals surface area contributed by atoms with Crippen molar-refractivity contribution in [1.29, 1.82) is 0 Å². The molecule has 30 heavy (non-hydrogen) atoms. The maximum atomic E-state index is 13.5. The zero-order valence-electron chi connectivity index (χ0n) is 17.1. The summed E-state index contributed by atoms with van der Waals surface area (Å²) in [6.45, 7) is 6.07. The van der Waals surface area contributed by atoms with Gasteiger partial charge in [-0.05, 0) is 49.6 Å². The number of halogens is 1. The second kappa shape index (κ2) is 8.47. The Morgan fingerprint density at radius 1 is 1.20 bits per heavy atom. The second-order valence-electron chi connectivity index (χ2n) is 7.49. The minimum atomic E-state index is -0.498. The molecule has 1 aromatic heterocycles. The first-order valence-electron chi connectivity index (χ1n) is 9.97. The van der Waals surface area contributed by atoms with Gasteiger partial charge in [-0.1, -0.05) is 48.5 Å². The molecule has 2 heterocycles. The molecule has 0 fully saturated rings. The summed E-state index contributed by atoms with van der Waals surface area (Å²) in [5, 5.41) is 11.7. The molecule has 0 radical (unpaired) electrons. The summed E-state index contributed by atoms with van der Waals surface area (Å²) >= 11 is 1.37. The number of rotatable bonds is 5. The number of aromatic nitrogens is 3. The Morgan fingerprint density at radius 3 is 2.67 bits per heavy atom. The number of hydrogen-bond donors (Lipinski definition) is 2. The smallest absolute Gasteiger partial charge is 0.240 e. The van der Waals surface area contributed by atoms with Gasteiger partial charge in [0.25, 0.3) is 0 Å². The fourth-order valence-corrected chi connectivity index (χ4v) is 4.66. The van der Waals surface area contributed by atoms with Crippen LogP contribution in [-0.4, -0.2) is 26.0 Å². The monoisotopic (exact) mass is 425 g/mol. The van der Waals surface area contributed by atoms with E-state index in [9.17, 15) is 9.18 Å². The molecule has 0 saturated carbocycles. The van der Waals surface area contributed by atoms with Crippen molar-refractivity contribution < 1.29 is 9.18 Å². The highest BCUT2D eigenvalue weighted by molar-refractivity contribution is 8.00. The Hall–Kier alpha value is -2.87. The van der Waals surface area contributed by atoms with Gasteiger partial charge in [0.15, 0.2) is 5.82 Å². The number of carbonyl (C=O) groups is 1. The summed E-state index contributed by atoms with van der Waals surface area (Å²) in [5.74, 6) is 0.371. The normalized spacial score (nSPS) is 17.9. The zero-order valence-corrected chi connectivity index (χ0v) is 18.0. The van der Waals surface area contributed by atoms with Crippen LogP contribution in [0.1, 0.15) is 41.9 Å². The molecular formula is C22H24FN5OS. The molecule has 3 aromatic rings. The van der Waals surface area contributed by atoms with Crippen LogP contribution in [0.25, 0.3) is 0 Å². The van der Waals surface area contributed by atoms with Crippen LogP contribution in [-0.2, 0) is 11.2 Å². The summed E-state index contributed by atoms with van der Waals surface area (Å²) in [4.78, 5) is 13.3. The molecule has 4 rings (SSSR count). The lowest BCUT2D eigenvalue weighted by Crippen LogP contribution is -2.41. The maximum absolute atomic E-state index is 13.5. The van der Waals surface area contributed by atoms with Gasteiger partial charge in [0.1, 0.15) is 11.1 Å². The van der Waals surface area contributed by atoms with E-state index in [0.29, 0.717) is 5.16 Å². The fourth-order valence-electron chi connectivity index (χ4n) is 3.56. The third kappa shape index (κ3) is 4.05. The van der Waals surface area contributed by atoms with Crippen molar-refractivity contribution >= 4 is 23.4 Å². The summed E-state index contributed by atoms with van der Waals surface area (Å²) in [5.41, 5.74) is 7.14. The highest BCUT2D eigenvalue weighted by Crippen LogP contribution is 2.38. The largest absolute Gasteiger partial charge is 0.325 e. The topological polar surface area (TPSA) is 71.8 Å². The van der Waals surface area contributed by atoms with E-state index in [4.69, 9.17) is 0 Å². The standard InChI is InChI=1S/C22H24FN5OS/c1-4-5-18-25-26-22-28(18)27-19(15-7-9-16(23)10-8-15)20(30-22)21(29)24-17-11-6-13(2)12-14(17)3/h6-12,19-20,27H,4-5H2,1-3H3,(H,24,29)/t19-,20+/m1/s1. The molecule has 8 heteroatoms. The van der Waals surface area contributed by atoms with Crippen molar-refractivity contribution in [1.82, 2.24) is 14.9 Å². The molecule has 1 aliphatic rings. The van der Waals surface area contributed by atoms with Gasteiger partial charge in [0.05, 0.1) is 6.04 Å². The number of carbonyl (C=O) groups excluding carboxylic acids is 1. The highest BCUT2D eigenvalue weighted by Gasteiger charge is 2.37. The number of hydrogen-bond acceptors (Lipinski definition) is 5. The van der Waals surface area contributed by atoms with Gasteiger partial charge in [0.2, 0.25) is 11.1 Å². The predicted molar refractivity (Wildman–Crippen MR) is 117 cm³/mol. The molecule has 1 amide bonds. The molecule has 0 aliphatic carbocycles. The van der Waals surface area contributed by atoms with Crippen molar-refractivity contribution in [2.75, 3.05) is 10.7 Å². The first-order valence-corrected chi connectivity index (χ1v) is 10.9. The van der Waals surface area contributed by atoms with E-state index in [-0.39, 0.29) is 17.8 Å². The van der Waals surface area contributed by atoms with Crippen molar-refractivity contribution in [3.63, 3.8) is 0 Å². The maximum Gasteiger partial charge on any atom is 0.240 e. The van der Waals surface area contributed by atoms with Crippen LogP contribution >= 0.6 is 11.8 Å². The molecule has 0 spiro atoms. The Morgan fingerprint density at radius 2 is 1.97 bits per heavy atom. The average Bonchev–Trinajstić information content (AvgIpc) is 3.12. The molecule has 6 nitrogen and oxygen atoms in total. The average molecular weight is 426 g/mol. The van der Waals surface area contributed by atoms with Crippen LogP contribution in [0.15, 0.2) is 47.6 Å². The first kappa shape index (κ1) is 20.4. The highest BCUT2D eigenvalue weighted by atomic mass is 32.2.